The molecular weight excluding hydrogens is 406 g/mol. The van der Waals surface area contributed by atoms with Crippen molar-refractivity contribution in [1.29, 1.82) is 0 Å². The van der Waals surface area contributed by atoms with E-state index in [-0.39, 0.29) is 18.4 Å². The SMILES string of the molecule is CCCCOc1ccccc1C1CC(CCN2CCCCC2)=NN1c1ccccc1.Cl. The van der Waals surface area contributed by atoms with Crippen LogP contribution in [-0.4, -0.2) is 36.9 Å². The van der Waals surface area contributed by atoms with Crippen molar-refractivity contribution in [2.45, 2.75) is 57.9 Å². The highest BCUT2D eigenvalue weighted by Gasteiger charge is 2.31. The Labute approximate surface area is 193 Å². The van der Waals surface area contributed by atoms with E-state index in [0.29, 0.717) is 0 Å². The molecule has 1 unspecified atom stereocenters. The van der Waals surface area contributed by atoms with Gasteiger partial charge in [0.05, 0.1) is 18.3 Å². The average molecular weight is 442 g/mol. The zero-order valence-corrected chi connectivity index (χ0v) is 19.5. The fourth-order valence-electron chi connectivity index (χ4n) is 4.47. The highest BCUT2D eigenvalue weighted by molar-refractivity contribution is 5.89. The van der Waals surface area contributed by atoms with Crippen molar-refractivity contribution in [3.8, 4) is 5.75 Å². The first kappa shape index (κ1) is 23.6. The van der Waals surface area contributed by atoms with E-state index in [1.807, 2.05) is 0 Å². The van der Waals surface area contributed by atoms with Gasteiger partial charge in [0.25, 0.3) is 0 Å². The number of hydrazone groups is 1. The van der Waals surface area contributed by atoms with Gasteiger partial charge in [0.1, 0.15) is 5.75 Å². The maximum atomic E-state index is 6.18. The molecule has 2 heterocycles. The van der Waals surface area contributed by atoms with Gasteiger partial charge in [-0.25, -0.2) is 0 Å². The standard InChI is InChI=1S/C26H35N3O.ClH/c1-2-3-20-30-26-15-9-8-14-24(26)25-21-22(16-19-28-17-10-5-11-18-28)27-29(25)23-12-6-4-7-13-23;/h4,6-9,12-15,25H,2-3,5,10-11,16-21H2,1H3;1H. The lowest BCUT2D eigenvalue weighted by Gasteiger charge is -2.26. The number of anilines is 1. The number of nitrogens with zero attached hydrogens (tertiary/aromatic N) is 3. The van der Waals surface area contributed by atoms with Gasteiger partial charge in [0.15, 0.2) is 0 Å². The molecule has 0 amide bonds. The van der Waals surface area contributed by atoms with E-state index < -0.39 is 0 Å². The predicted octanol–water partition coefficient (Wildman–Crippen LogP) is 6.47. The van der Waals surface area contributed by atoms with E-state index in [1.165, 1.54) is 43.6 Å². The molecule has 2 aliphatic rings. The summed E-state index contributed by atoms with van der Waals surface area (Å²) >= 11 is 0. The van der Waals surface area contributed by atoms with Crippen LogP contribution >= 0.6 is 12.4 Å². The summed E-state index contributed by atoms with van der Waals surface area (Å²) in [6.45, 7) is 6.59. The number of piperidine rings is 1. The Kier molecular flexibility index (Phi) is 9.23. The molecule has 31 heavy (non-hydrogen) atoms. The van der Waals surface area contributed by atoms with Crippen molar-refractivity contribution in [2.75, 3.05) is 31.3 Å². The zero-order chi connectivity index (χ0) is 20.6. The van der Waals surface area contributed by atoms with Gasteiger partial charge in [0, 0.05) is 30.7 Å². The normalized spacial score (nSPS) is 19.1. The summed E-state index contributed by atoms with van der Waals surface area (Å²) in [6.07, 6.45) is 8.32. The van der Waals surface area contributed by atoms with Crippen LogP contribution in [0.3, 0.4) is 0 Å². The Bertz CT molecular complexity index is 820. The number of hydrogen-bond donors (Lipinski definition) is 0. The summed E-state index contributed by atoms with van der Waals surface area (Å²) in [7, 11) is 0. The predicted molar refractivity (Wildman–Crippen MR) is 133 cm³/mol. The molecule has 168 valence electrons. The number of ether oxygens (including phenoxy) is 1. The lowest BCUT2D eigenvalue weighted by molar-refractivity contribution is 0.234. The second-order valence-electron chi connectivity index (χ2n) is 8.46. The minimum atomic E-state index is 0. The first-order valence-corrected chi connectivity index (χ1v) is 11.7. The van der Waals surface area contributed by atoms with Crippen molar-refractivity contribution in [3.63, 3.8) is 0 Å². The summed E-state index contributed by atoms with van der Waals surface area (Å²) in [5.74, 6) is 1.00. The monoisotopic (exact) mass is 441 g/mol. The molecule has 4 nitrogen and oxygen atoms in total. The summed E-state index contributed by atoms with van der Waals surface area (Å²) in [6, 6.07) is 19.3. The maximum Gasteiger partial charge on any atom is 0.124 e. The fourth-order valence-corrected chi connectivity index (χ4v) is 4.47. The third kappa shape index (κ3) is 6.24. The minimum absolute atomic E-state index is 0. The molecule has 0 spiro atoms. The van der Waals surface area contributed by atoms with E-state index in [9.17, 15) is 0 Å². The highest BCUT2D eigenvalue weighted by atomic mass is 35.5. The van der Waals surface area contributed by atoms with Crippen LogP contribution in [0.5, 0.6) is 5.75 Å². The number of rotatable bonds is 9. The summed E-state index contributed by atoms with van der Waals surface area (Å²) < 4.78 is 6.18. The van der Waals surface area contributed by atoms with Gasteiger partial charge in [-0.1, -0.05) is 56.2 Å². The molecule has 2 aromatic rings. The maximum absolute atomic E-state index is 6.18. The molecular formula is C26H36ClN3O. The second kappa shape index (κ2) is 12.1. The Hall–Kier alpha value is -2.04. The van der Waals surface area contributed by atoms with Crippen LogP contribution in [0.25, 0.3) is 0 Å². The lowest BCUT2D eigenvalue weighted by Crippen LogP contribution is -2.31. The van der Waals surface area contributed by atoms with Crippen LogP contribution in [0, 0.1) is 0 Å². The van der Waals surface area contributed by atoms with Gasteiger partial charge in [-0.05, 0) is 50.6 Å². The first-order valence-electron chi connectivity index (χ1n) is 11.7. The lowest BCUT2D eigenvalue weighted by atomic mass is 9.99. The molecule has 1 fully saturated rings. The smallest absolute Gasteiger partial charge is 0.124 e. The fraction of sp³-hybridized carbons (Fsp3) is 0.500. The number of likely N-dealkylation sites (tertiary alicyclic amines) is 1. The molecule has 0 aliphatic carbocycles. The van der Waals surface area contributed by atoms with Crippen molar-refractivity contribution >= 4 is 23.8 Å². The third-order valence-electron chi connectivity index (χ3n) is 6.19. The topological polar surface area (TPSA) is 28.1 Å². The Morgan fingerprint density at radius 2 is 1.71 bits per heavy atom. The first-order chi connectivity index (χ1) is 14.8. The Morgan fingerprint density at radius 3 is 2.48 bits per heavy atom. The number of halogens is 1. The molecule has 0 bridgehead atoms. The van der Waals surface area contributed by atoms with E-state index in [2.05, 4.69) is 71.4 Å². The number of hydrogen-bond acceptors (Lipinski definition) is 4. The van der Waals surface area contributed by atoms with Crippen LogP contribution in [0.15, 0.2) is 59.7 Å². The number of para-hydroxylation sites is 2. The molecule has 1 saturated heterocycles. The molecule has 2 aliphatic heterocycles. The van der Waals surface area contributed by atoms with Crippen LogP contribution in [0.2, 0.25) is 0 Å². The van der Waals surface area contributed by atoms with Crippen LogP contribution in [-0.2, 0) is 0 Å². The van der Waals surface area contributed by atoms with Crippen molar-refractivity contribution in [1.82, 2.24) is 4.90 Å². The van der Waals surface area contributed by atoms with Gasteiger partial charge < -0.3 is 9.64 Å². The van der Waals surface area contributed by atoms with Gasteiger partial charge in [-0.3, -0.25) is 5.01 Å². The van der Waals surface area contributed by atoms with Gasteiger partial charge >= 0.3 is 0 Å². The van der Waals surface area contributed by atoms with Gasteiger partial charge in [-0.2, -0.15) is 5.10 Å². The second-order valence-corrected chi connectivity index (χ2v) is 8.46. The number of benzene rings is 2. The molecule has 4 rings (SSSR count). The molecule has 0 saturated carbocycles. The van der Waals surface area contributed by atoms with Crippen LogP contribution < -0.4 is 9.75 Å². The summed E-state index contributed by atoms with van der Waals surface area (Å²) in [5.41, 5.74) is 3.70. The van der Waals surface area contributed by atoms with E-state index in [1.54, 1.807) is 0 Å². The molecule has 5 heteroatoms. The largest absolute Gasteiger partial charge is 0.493 e. The third-order valence-corrected chi connectivity index (χ3v) is 6.19. The molecule has 0 radical (unpaired) electrons. The highest BCUT2D eigenvalue weighted by Crippen LogP contribution is 2.39. The van der Waals surface area contributed by atoms with E-state index >= 15 is 0 Å². The van der Waals surface area contributed by atoms with E-state index in [0.717, 1.165) is 50.3 Å². The quantitative estimate of drug-likeness (QED) is 0.417. The van der Waals surface area contributed by atoms with Crippen molar-refractivity contribution < 1.29 is 4.74 Å². The van der Waals surface area contributed by atoms with Crippen LogP contribution in [0.4, 0.5) is 5.69 Å². The van der Waals surface area contributed by atoms with Crippen molar-refractivity contribution in [2.24, 2.45) is 5.10 Å². The molecule has 1 atom stereocenters. The number of unbranched alkanes of at least 4 members (excludes halogenated alkanes) is 1. The molecule has 0 N–H and O–H groups in total. The molecule has 2 aromatic carbocycles. The van der Waals surface area contributed by atoms with Crippen LogP contribution in [0.1, 0.15) is 63.5 Å². The Balaban J connectivity index is 0.00000272. The van der Waals surface area contributed by atoms with Gasteiger partial charge in [0.2, 0.25) is 0 Å². The zero-order valence-electron chi connectivity index (χ0n) is 18.7. The summed E-state index contributed by atoms with van der Waals surface area (Å²) in [4.78, 5) is 2.61. The average Bonchev–Trinajstić information content (AvgIpc) is 3.24. The summed E-state index contributed by atoms with van der Waals surface area (Å²) in [5, 5.41) is 7.32. The van der Waals surface area contributed by atoms with Gasteiger partial charge in [-0.15, -0.1) is 12.4 Å². The van der Waals surface area contributed by atoms with Crippen molar-refractivity contribution in [3.05, 3.63) is 60.2 Å². The minimum Gasteiger partial charge on any atom is -0.493 e. The van der Waals surface area contributed by atoms with E-state index in [4.69, 9.17) is 9.84 Å². The molecule has 0 aromatic heterocycles. The Morgan fingerprint density at radius 1 is 0.968 bits per heavy atom.